The Morgan fingerprint density at radius 1 is 1.56 bits per heavy atom. The van der Waals surface area contributed by atoms with Crippen LogP contribution in [0.1, 0.15) is 13.3 Å². The number of rotatable bonds is 4. The summed E-state index contributed by atoms with van der Waals surface area (Å²) in [5, 5.41) is 8.62. The highest BCUT2D eigenvalue weighted by Crippen LogP contribution is 2.26. The van der Waals surface area contributed by atoms with Gasteiger partial charge in [-0.2, -0.15) is 9.57 Å². The molecule has 1 aromatic rings. The first-order valence-electron chi connectivity index (χ1n) is 5.20. The molecule has 1 rings (SSSR count). The molecule has 7 heteroatoms. The second kappa shape index (κ2) is 5.69. The number of sulfonamides is 1. The van der Waals surface area contributed by atoms with E-state index in [1.165, 1.54) is 19.2 Å². The van der Waals surface area contributed by atoms with Crippen molar-refractivity contribution >= 4 is 31.6 Å². The topological polar surface area (TPSA) is 87.2 Å². The first-order chi connectivity index (χ1) is 8.30. The molecule has 0 aliphatic rings. The van der Waals surface area contributed by atoms with Crippen molar-refractivity contribution in [1.29, 1.82) is 5.26 Å². The van der Waals surface area contributed by atoms with E-state index in [-0.39, 0.29) is 17.0 Å². The van der Waals surface area contributed by atoms with Gasteiger partial charge < -0.3 is 5.73 Å². The van der Waals surface area contributed by atoms with Gasteiger partial charge in [0.05, 0.1) is 18.2 Å². The normalized spacial score (nSPS) is 13.3. The summed E-state index contributed by atoms with van der Waals surface area (Å²) in [7, 11) is -2.24. The Bertz CT molecular complexity index is 580. The van der Waals surface area contributed by atoms with Gasteiger partial charge in [0.1, 0.15) is 4.90 Å². The number of nitrogen functional groups attached to an aromatic ring is 1. The van der Waals surface area contributed by atoms with Gasteiger partial charge in [0.15, 0.2) is 0 Å². The molecule has 0 radical (unpaired) electrons. The Morgan fingerprint density at radius 3 is 2.72 bits per heavy atom. The number of nitriles is 1. The highest BCUT2D eigenvalue weighted by atomic mass is 79.9. The Kier molecular flexibility index (Phi) is 4.73. The van der Waals surface area contributed by atoms with Crippen LogP contribution in [0.25, 0.3) is 0 Å². The third-order valence-corrected chi connectivity index (χ3v) is 5.16. The van der Waals surface area contributed by atoms with E-state index in [9.17, 15) is 8.42 Å². The molecule has 18 heavy (non-hydrogen) atoms. The fourth-order valence-corrected chi connectivity index (χ4v) is 3.40. The molecule has 1 aromatic carbocycles. The van der Waals surface area contributed by atoms with E-state index in [1.54, 1.807) is 13.0 Å². The molecule has 0 saturated carbocycles. The Morgan fingerprint density at radius 2 is 2.17 bits per heavy atom. The summed E-state index contributed by atoms with van der Waals surface area (Å²) in [5.74, 6) is 0. The van der Waals surface area contributed by atoms with E-state index in [0.717, 1.165) is 4.31 Å². The minimum Gasteiger partial charge on any atom is -0.398 e. The smallest absolute Gasteiger partial charge is 0.245 e. The lowest BCUT2D eigenvalue weighted by atomic mass is 10.3. The van der Waals surface area contributed by atoms with Crippen LogP contribution < -0.4 is 5.73 Å². The molecule has 0 bridgehead atoms. The van der Waals surface area contributed by atoms with Gasteiger partial charge >= 0.3 is 0 Å². The van der Waals surface area contributed by atoms with E-state index in [1.807, 2.05) is 6.07 Å². The minimum atomic E-state index is -3.69. The maximum atomic E-state index is 12.3. The van der Waals surface area contributed by atoms with Crippen LogP contribution in [0, 0.1) is 11.3 Å². The third-order valence-electron chi connectivity index (χ3n) is 2.64. The predicted molar refractivity (Wildman–Crippen MR) is 73.2 cm³/mol. The van der Waals surface area contributed by atoms with Gasteiger partial charge in [-0.3, -0.25) is 0 Å². The van der Waals surface area contributed by atoms with Crippen molar-refractivity contribution in [3.05, 3.63) is 22.7 Å². The molecule has 5 nitrogen and oxygen atoms in total. The van der Waals surface area contributed by atoms with Gasteiger partial charge in [0.25, 0.3) is 0 Å². The molecule has 1 atom stereocenters. The van der Waals surface area contributed by atoms with Crippen molar-refractivity contribution in [2.45, 2.75) is 24.3 Å². The first kappa shape index (κ1) is 15.0. The molecule has 0 aromatic heterocycles. The Hall–Kier alpha value is -1.10. The molecule has 2 N–H and O–H groups in total. The Labute approximate surface area is 115 Å². The van der Waals surface area contributed by atoms with Crippen molar-refractivity contribution < 1.29 is 8.42 Å². The first-order valence-corrected chi connectivity index (χ1v) is 7.44. The van der Waals surface area contributed by atoms with Gasteiger partial charge in [0.2, 0.25) is 10.0 Å². The number of benzene rings is 1. The van der Waals surface area contributed by atoms with Crippen LogP contribution in [0.3, 0.4) is 0 Å². The fraction of sp³-hybridized carbons (Fsp3) is 0.364. The monoisotopic (exact) mass is 331 g/mol. The van der Waals surface area contributed by atoms with Gasteiger partial charge in [-0.1, -0.05) is 15.9 Å². The van der Waals surface area contributed by atoms with Crippen LogP contribution >= 0.6 is 15.9 Å². The standard InChI is InChI=1S/C11H14BrN3O2S/c1-8(5-6-13)15(2)18(16,17)11-7-9(12)3-4-10(11)14/h3-4,7-8H,5,14H2,1-2H3. The molecule has 1 unspecified atom stereocenters. The van der Waals surface area contributed by atoms with Gasteiger partial charge in [0, 0.05) is 17.6 Å². The largest absolute Gasteiger partial charge is 0.398 e. The number of nitrogens with zero attached hydrogens (tertiary/aromatic N) is 2. The summed E-state index contributed by atoms with van der Waals surface area (Å²) in [5.41, 5.74) is 5.88. The van der Waals surface area contributed by atoms with E-state index < -0.39 is 16.1 Å². The minimum absolute atomic E-state index is 0.0455. The highest BCUT2D eigenvalue weighted by Gasteiger charge is 2.27. The average molecular weight is 332 g/mol. The lowest BCUT2D eigenvalue weighted by Gasteiger charge is -2.23. The SMILES string of the molecule is CC(CC#N)N(C)S(=O)(=O)c1cc(Br)ccc1N. The van der Waals surface area contributed by atoms with E-state index in [0.29, 0.717) is 4.47 Å². The predicted octanol–water partition coefficient (Wildman–Crippen LogP) is 1.95. The molecule has 0 amide bonds. The van der Waals surface area contributed by atoms with Crippen LogP contribution in [0.4, 0.5) is 5.69 Å². The quantitative estimate of drug-likeness (QED) is 0.854. The Balaban J connectivity index is 3.22. The number of anilines is 1. The number of halogens is 1. The molecular formula is C11H14BrN3O2S. The van der Waals surface area contributed by atoms with E-state index in [4.69, 9.17) is 11.0 Å². The summed E-state index contributed by atoms with van der Waals surface area (Å²) >= 11 is 3.21. The maximum Gasteiger partial charge on any atom is 0.245 e. The fourth-order valence-electron chi connectivity index (χ4n) is 1.38. The van der Waals surface area contributed by atoms with Crippen molar-refractivity contribution in [1.82, 2.24) is 4.31 Å². The highest BCUT2D eigenvalue weighted by molar-refractivity contribution is 9.10. The van der Waals surface area contributed by atoms with Crippen LogP contribution in [0.2, 0.25) is 0 Å². The third kappa shape index (κ3) is 3.02. The molecule has 0 fully saturated rings. The zero-order chi connectivity index (χ0) is 13.9. The van der Waals surface area contributed by atoms with Crippen LogP contribution in [-0.2, 0) is 10.0 Å². The van der Waals surface area contributed by atoms with Crippen molar-refractivity contribution in [2.75, 3.05) is 12.8 Å². The molecule has 0 aliphatic heterocycles. The van der Waals surface area contributed by atoms with Crippen molar-refractivity contribution in [3.8, 4) is 6.07 Å². The summed E-state index contributed by atoms with van der Waals surface area (Å²) in [6.07, 6.45) is 0.129. The van der Waals surface area contributed by atoms with Crippen LogP contribution in [-0.4, -0.2) is 25.8 Å². The second-order valence-electron chi connectivity index (χ2n) is 3.91. The second-order valence-corrected chi connectivity index (χ2v) is 6.80. The zero-order valence-corrected chi connectivity index (χ0v) is 12.5. The summed E-state index contributed by atoms with van der Waals surface area (Å²) in [4.78, 5) is 0.0455. The number of nitrogens with two attached hydrogens (primary N) is 1. The van der Waals surface area contributed by atoms with Crippen LogP contribution in [0.15, 0.2) is 27.6 Å². The van der Waals surface area contributed by atoms with Gasteiger partial charge in [-0.15, -0.1) is 0 Å². The van der Waals surface area contributed by atoms with Gasteiger partial charge in [-0.25, -0.2) is 8.42 Å². The van der Waals surface area contributed by atoms with Crippen LogP contribution in [0.5, 0.6) is 0 Å². The number of hydrogen-bond donors (Lipinski definition) is 1. The van der Waals surface area contributed by atoms with E-state index in [2.05, 4.69) is 15.9 Å². The molecule has 98 valence electrons. The zero-order valence-electron chi connectivity index (χ0n) is 10.1. The average Bonchev–Trinajstić information content (AvgIpc) is 2.31. The summed E-state index contributed by atoms with van der Waals surface area (Å²) in [6.45, 7) is 1.68. The lowest BCUT2D eigenvalue weighted by molar-refractivity contribution is 0.393. The maximum absolute atomic E-state index is 12.3. The number of hydrogen-bond acceptors (Lipinski definition) is 4. The molecule has 0 aliphatic carbocycles. The molecule has 0 spiro atoms. The van der Waals surface area contributed by atoms with Crippen molar-refractivity contribution in [2.24, 2.45) is 0 Å². The lowest BCUT2D eigenvalue weighted by Crippen LogP contribution is -2.35. The molecule has 0 heterocycles. The van der Waals surface area contributed by atoms with Crippen molar-refractivity contribution in [3.63, 3.8) is 0 Å². The summed E-state index contributed by atoms with van der Waals surface area (Å²) < 4.78 is 26.5. The van der Waals surface area contributed by atoms with E-state index >= 15 is 0 Å². The summed E-state index contributed by atoms with van der Waals surface area (Å²) in [6, 6.07) is 6.21. The van der Waals surface area contributed by atoms with Gasteiger partial charge in [-0.05, 0) is 25.1 Å². The molecule has 0 saturated heterocycles. The molecular weight excluding hydrogens is 318 g/mol.